The van der Waals surface area contributed by atoms with Crippen LogP contribution in [-0.2, 0) is 4.79 Å². The molecule has 1 aliphatic rings. The van der Waals surface area contributed by atoms with E-state index in [9.17, 15) is 4.79 Å². The topological polar surface area (TPSA) is 41.1 Å². The molecule has 104 valence electrons. The number of rotatable bonds is 6. The summed E-state index contributed by atoms with van der Waals surface area (Å²) in [5.74, 6) is 0.395. The quantitative estimate of drug-likeness (QED) is 0.841. The van der Waals surface area contributed by atoms with Crippen LogP contribution in [0.25, 0.3) is 0 Å². The number of nitrogens with one attached hydrogen (secondary N) is 2. The summed E-state index contributed by atoms with van der Waals surface area (Å²) < 4.78 is 0. The molecule has 1 atom stereocenters. The van der Waals surface area contributed by atoms with Crippen LogP contribution < -0.4 is 10.6 Å². The summed E-state index contributed by atoms with van der Waals surface area (Å²) in [6, 6.07) is 8.26. The molecule has 2 N–H and O–H groups in total. The van der Waals surface area contributed by atoms with Crippen LogP contribution in [0.1, 0.15) is 38.3 Å². The van der Waals surface area contributed by atoms with Crippen LogP contribution in [0.4, 0.5) is 0 Å². The van der Waals surface area contributed by atoms with E-state index in [1.54, 1.807) is 0 Å². The molecule has 0 saturated heterocycles. The summed E-state index contributed by atoms with van der Waals surface area (Å²) in [5.41, 5.74) is 1.10. The lowest BCUT2D eigenvalue weighted by molar-refractivity contribution is -0.121. The van der Waals surface area contributed by atoms with Crippen LogP contribution >= 0.6 is 11.6 Å². The van der Waals surface area contributed by atoms with Crippen molar-refractivity contribution in [3.8, 4) is 0 Å². The Labute approximate surface area is 119 Å². The summed E-state index contributed by atoms with van der Waals surface area (Å²) in [7, 11) is 0. The highest BCUT2D eigenvalue weighted by Gasteiger charge is 2.23. The molecule has 0 aliphatic heterocycles. The maximum atomic E-state index is 11.9. The number of halogens is 1. The molecule has 3 nitrogen and oxygen atoms in total. The molecule has 1 amide bonds. The highest BCUT2D eigenvalue weighted by molar-refractivity contribution is 6.30. The van der Waals surface area contributed by atoms with Crippen LogP contribution in [0.5, 0.6) is 0 Å². The first-order chi connectivity index (χ1) is 9.06. The van der Waals surface area contributed by atoms with Gasteiger partial charge in [0.25, 0.3) is 0 Å². The minimum absolute atomic E-state index is 0.0331. The van der Waals surface area contributed by atoms with E-state index in [2.05, 4.69) is 24.5 Å². The summed E-state index contributed by atoms with van der Waals surface area (Å²) in [5, 5.41) is 7.03. The van der Waals surface area contributed by atoms with Crippen molar-refractivity contribution in [3.63, 3.8) is 0 Å². The molecular formula is C15H21ClN2O. The molecule has 0 radical (unpaired) electrons. The second-order valence-corrected chi connectivity index (χ2v) is 5.93. The SMILES string of the molecule is CC(C)C(NC(=O)CNC1CC1)c1ccc(Cl)cc1. The Morgan fingerprint density at radius 3 is 2.47 bits per heavy atom. The van der Waals surface area contributed by atoms with Gasteiger partial charge in [0.05, 0.1) is 12.6 Å². The fourth-order valence-electron chi connectivity index (χ4n) is 2.05. The van der Waals surface area contributed by atoms with Gasteiger partial charge in [-0.05, 0) is 36.5 Å². The molecular weight excluding hydrogens is 260 g/mol. The van der Waals surface area contributed by atoms with Crippen molar-refractivity contribution < 1.29 is 4.79 Å². The molecule has 19 heavy (non-hydrogen) atoms. The van der Waals surface area contributed by atoms with Crippen LogP contribution in [0.2, 0.25) is 5.02 Å². The Kier molecular flexibility index (Phi) is 4.83. The molecule has 0 aromatic heterocycles. The van der Waals surface area contributed by atoms with Crippen molar-refractivity contribution in [1.29, 1.82) is 0 Å². The molecule has 1 saturated carbocycles. The Balaban J connectivity index is 1.94. The lowest BCUT2D eigenvalue weighted by atomic mass is 9.96. The lowest BCUT2D eigenvalue weighted by Crippen LogP contribution is -2.38. The smallest absolute Gasteiger partial charge is 0.234 e. The van der Waals surface area contributed by atoms with E-state index in [1.807, 2.05) is 24.3 Å². The van der Waals surface area contributed by atoms with Gasteiger partial charge in [-0.3, -0.25) is 4.79 Å². The zero-order chi connectivity index (χ0) is 13.8. The van der Waals surface area contributed by atoms with Crippen LogP contribution in [-0.4, -0.2) is 18.5 Å². The van der Waals surface area contributed by atoms with Crippen molar-refractivity contribution in [2.75, 3.05) is 6.54 Å². The summed E-state index contributed by atoms with van der Waals surface area (Å²) >= 11 is 5.90. The Morgan fingerprint density at radius 2 is 1.95 bits per heavy atom. The van der Waals surface area contributed by atoms with Gasteiger partial charge in [-0.15, -0.1) is 0 Å². The Morgan fingerprint density at radius 1 is 1.32 bits per heavy atom. The first-order valence-corrected chi connectivity index (χ1v) is 7.22. The van der Waals surface area contributed by atoms with Crippen LogP contribution in [0.15, 0.2) is 24.3 Å². The molecule has 1 unspecified atom stereocenters. The van der Waals surface area contributed by atoms with Gasteiger partial charge in [-0.1, -0.05) is 37.6 Å². The van der Waals surface area contributed by atoms with Gasteiger partial charge in [0, 0.05) is 11.1 Å². The third kappa shape index (κ3) is 4.51. The Hall–Kier alpha value is -1.06. The van der Waals surface area contributed by atoms with E-state index in [0.717, 1.165) is 5.56 Å². The zero-order valence-electron chi connectivity index (χ0n) is 11.4. The Bertz CT molecular complexity index is 426. The predicted octanol–water partition coefficient (Wildman–Crippen LogP) is 2.91. The number of amides is 1. The molecule has 1 aliphatic carbocycles. The first-order valence-electron chi connectivity index (χ1n) is 6.84. The third-order valence-electron chi connectivity index (χ3n) is 3.34. The monoisotopic (exact) mass is 280 g/mol. The molecule has 1 fully saturated rings. The lowest BCUT2D eigenvalue weighted by Gasteiger charge is -2.23. The zero-order valence-corrected chi connectivity index (χ0v) is 12.2. The second-order valence-electron chi connectivity index (χ2n) is 5.50. The van der Waals surface area contributed by atoms with Crippen molar-refractivity contribution in [2.24, 2.45) is 5.92 Å². The van der Waals surface area contributed by atoms with E-state index in [0.29, 0.717) is 23.5 Å². The van der Waals surface area contributed by atoms with E-state index in [-0.39, 0.29) is 11.9 Å². The average molecular weight is 281 g/mol. The fourth-order valence-corrected chi connectivity index (χ4v) is 2.18. The van der Waals surface area contributed by atoms with Gasteiger partial charge in [0.1, 0.15) is 0 Å². The molecule has 1 aromatic rings. The van der Waals surface area contributed by atoms with Crippen molar-refractivity contribution in [2.45, 2.75) is 38.8 Å². The van der Waals surface area contributed by atoms with Gasteiger partial charge in [0.15, 0.2) is 0 Å². The van der Waals surface area contributed by atoms with Crippen molar-refractivity contribution in [1.82, 2.24) is 10.6 Å². The first kappa shape index (κ1) is 14.4. The second kappa shape index (κ2) is 6.40. The maximum Gasteiger partial charge on any atom is 0.234 e. The average Bonchev–Trinajstić information content (AvgIpc) is 3.18. The molecule has 2 rings (SSSR count). The largest absolute Gasteiger partial charge is 0.348 e. The van der Waals surface area contributed by atoms with Gasteiger partial charge >= 0.3 is 0 Å². The van der Waals surface area contributed by atoms with E-state index < -0.39 is 0 Å². The van der Waals surface area contributed by atoms with Gasteiger partial charge in [-0.25, -0.2) is 0 Å². The normalized spacial score (nSPS) is 16.4. The molecule has 4 heteroatoms. The molecule has 0 bridgehead atoms. The summed E-state index contributed by atoms with van der Waals surface area (Å²) in [6.07, 6.45) is 2.39. The van der Waals surface area contributed by atoms with Crippen LogP contribution in [0, 0.1) is 5.92 Å². The van der Waals surface area contributed by atoms with Crippen molar-refractivity contribution >= 4 is 17.5 Å². The number of hydrogen-bond donors (Lipinski definition) is 2. The molecule has 0 heterocycles. The predicted molar refractivity (Wildman–Crippen MR) is 78.2 cm³/mol. The van der Waals surface area contributed by atoms with E-state index >= 15 is 0 Å². The van der Waals surface area contributed by atoms with Gasteiger partial charge < -0.3 is 10.6 Å². The summed E-state index contributed by atoms with van der Waals surface area (Å²) in [6.45, 7) is 4.61. The fraction of sp³-hybridized carbons (Fsp3) is 0.533. The van der Waals surface area contributed by atoms with Crippen LogP contribution in [0.3, 0.4) is 0 Å². The summed E-state index contributed by atoms with van der Waals surface area (Å²) in [4.78, 5) is 11.9. The molecule has 0 spiro atoms. The number of benzene rings is 1. The standard InChI is InChI=1S/C15H21ClN2O/c1-10(2)15(11-3-5-12(16)6-4-11)18-14(19)9-17-13-7-8-13/h3-6,10,13,15,17H,7-9H2,1-2H3,(H,18,19). The minimum atomic E-state index is 0.0331. The number of carbonyl (C=O) groups is 1. The van der Waals surface area contributed by atoms with Gasteiger partial charge in [0.2, 0.25) is 5.91 Å². The van der Waals surface area contributed by atoms with Gasteiger partial charge in [-0.2, -0.15) is 0 Å². The van der Waals surface area contributed by atoms with E-state index in [4.69, 9.17) is 11.6 Å². The highest BCUT2D eigenvalue weighted by atomic mass is 35.5. The molecule has 1 aromatic carbocycles. The highest BCUT2D eigenvalue weighted by Crippen LogP contribution is 2.23. The van der Waals surface area contributed by atoms with Crippen molar-refractivity contribution in [3.05, 3.63) is 34.9 Å². The maximum absolute atomic E-state index is 11.9. The van der Waals surface area contributed by atoms with E-state index in [1.165, 1.54) is 12.8 Å². The number of carbonyl (C=O) groups excluding carboxylic acids is 1. The minimum Gasteiger partial charge on any atom is -0.348 e. The number of hydrogen-bond acceptors (Lipinski definition) is 2. The third-order valence-corrected chi connectivity index (χ3v) is 3.59.